The predicted octanol–water partition coefficient (Wildman–Crippen LogP) is 2.47. The average Bonchev–Trinajstić information content (AvgIpc) is 3.06. The molecule has 0 atom stereocenters. The number of anilines is 1. The number of para-hydroxylation sites is 1. The number of aromatic amines is 1. The summed E-state index contributed by atoms with van der Waals surface area (Å²) in [7, 11) is 1.53. The molecule has 1 aromatic heterocycles. The van der Waals surface area contributed by atoms with Crippen LogP contribution in [0.3, 0.4) is 0 Å². The molecule has 0 aliphatic heterocycles. The molecule has 0 bridgehead atoms. The molecule has 4 N–H and O–H groups in total. The molecule has 0 saturated heterocycles. The molecule has 0 saturated carbocycles. The standard InChI is InChI=1S/C19H17N5O2/c1-26-16-5-3-2-4-14(16)19(25)22-11-12-6-8-13(9-7-12)17-15(10-20)18(21)24-23-17/h2-9H,11H2,1H3,(H,22,25)(H3,21,23,24). The Kier molecular flexibility index (Phi) is 4.85. The summed E-state index contributed by atoms with van der Waals surface area (Å²) in [6.07, 6.45) is 0. The molecule has 7 nitrogen and oxygen atoms in total. The smallest absolute Gasteiger partial charge is 0.255 e. The van der Waals surface area contributed by atoms with Crippen molar-refractivity contribution in [3.63, 3.8) is 0 Å². The Balaban J connectivity index is 1.70. The third-order valence-electron chi connectivity index (χ3n) is 3.94. The van der Waals surface area contributed by atoms with Gasteiger partial charge in [0.05, 0.1) is 12.7 Å². The average molecular weight is 347 g/mol. The van der Waals surface area contributed by atoms with Gasteiger partial charge in [0.1, 0.15) is 28.9 Å². The van der Waals surface area contributed by atoms with Crippen LogP contribution in [0.2, 0.25) is 0 Å². The first kappa shape index (κ1) is 17.0. The molecule has 0 aliphatic rings. The van der Waals surface area contributed by atoms with Gasteiger partial charge in [0.15, 0.2) is 0 Å². The third-order valence-corrected chi connectivity index (χ3v) is 3.94. The molecule has 7 heteroatoms. The van der Waals surface area contributed by atoms with Crippen LogP contribution in [0, 0.1) is 11.3 Å². The first-order chi connectivity index (χ1) is 12.6. The number of nitrogens with one attached hydrogen (secondary N) is 2. The van der Waals surface area contributed by atoms with Crippen molar-refractivity contribution in [3.05, 3.63) is 65.2 Å². The summed E-state index contributed by atoms with van der Waals surface area (Å²) in [4.78, 5) is 12.3. The van der Waals surface area contributed by atoms with Gasteiger partial charge in [-0.1, -0.05) is 36.4 Å². The van der Waals surface area contributed by atoms with Crippen LogP contribution in [0.1, 0.15) is 21.5 Å². The predicted molar refractivity (Wildman–Crippen MR) is 97.3 cm³/mol. The van der Waals surface area contributed by atoms with Crippen molar-refractivity contribution in [1.29, 1.82) is 5.26 Å². The molecule has 0 spiro atoms. The van der Waals surface area contributed by atoms with Gasteiger partial charge in [-0.2, -0.15) is 10.4 Å². The molecule has 0 unspecified atom stereocenters. The Morgan fingerprint density at radius 1 is 1.27 bits per heavy atom. The minimum absolute atomic E-state index is 0.210. The van der Waals surface area contributed by atoms with E-state index < -0.39 is 0 Å². The maximum atomic E-state index is 12.3. The number of amides is 1. The largest absolute Gasteiger partial charge is 0.496 e. The van der Waals surface area contributed by atoms with Crippen molar-refractivity contribution in [2.24, 2.45) is 0 Å². The summed E-state index contributed by atoms with van der Waals surface area (Å²) in [5.41, 5.74) is 8.68. The fourth-order valence-corrected chi connectivity index (χ4v) is 2.57. The lowest BCUT2D eigenvalue weighted by Crippen LogP contribution is -2.23. The SMILES string of the molecule is COc1ccccc1C(=O)NCc1ccc(-c2n[nH]c(N)c2C#N)cc1. The monoisotopic (exact) mass is 347 g/mol. The fraction of sp³-hybridized carbons (Fsp3) is 0.105. The van der Waals surface area contributed by atoms with Crippen LogP contribution in [0.5, 0.6) is 5.75 Å². The summed E-state index contributed by atoms with van der Waals surface area (Å²) in [5, 5.41) is 18.7. The molecular formula is C19H17N5O2. The maximum absolute atomic E-state index is 12.3. The molecule has 3 aromatic rings. The highest BCUT2D eigenvalue weighted by molar-refractivity contribution is 5.96. The number of nitrogens with zero attached hydrogens (tertiary/aromatic N) is 2. The Hall–Kier alpha value is -3.79. The Bertz CT molecular complexity index is 970. The van der Waals surface area contributed by atoms with E-state index in [4.69, 9.17) is 15.7 Å². The number of methoxy groups -OCH3 is 1. The molecule has 2 aromatic carbocycles. The zero-order chi connectivity index (χ0) is 18.5. The number of nitrogen functional groups attached to an aromatic ring is 1. The number of benzene rings is 2. The first-order valence-corrected chi connectivity index (χ1v) is 7.88. The number of carbonyl (C=O) groups is 1. The second-order valence-corrected chi connectivity index (χ2v) is 5.55. The van der Waals surface area contributed by atoms with Gasteiger partial charge in [0.25, 0.3) is 5.91 Å². The lowest BCUT2D eigenvalue weighted by Gasteiger charge is -2.09. The van der Waals surface area contributed by atoms with Crippen LogP contribution in [-0.2, 0) is 6.54 Å². The second-order valence-electron chi connectivity index (χ2n) is 5.55. The lowest BCUT2D eigenvalue weighted by molar-refractivity contribution is 0.0948. The summed E-state index contributed by atoms with van der Waals surface area (Å²) in [6.45, 7) is 0.366. The van der Waals surface area contributed by atoms with E-state index in [2.05, 4.69) is 15.5 Å². The van der Waals surface area contributed by atoms with E-state index in [1.807, 2.05) is 36.4 Å². The minimum Gasteiger partial charge on any atom is -0.496 e. The molecular weight excluding hydrogens is 330 g/mol. The molecule has 0 aliphatic carbocycles. The van der Waals surface area contributed by atoms with Gasteiger partial charge in [0.2, 0.25) is 0 Å². The summed E-state index contributed by atoms with van der Waals surface area (Å²) in [5.74, 6) is 0.564. The van der Waals surface area contributed by atoms with Gasteiger partial charge in [-0.3, -0.25) is 9.89 Å². The number of hydrogen-bond acceptors (Lipinski definition) is 5. The van der Waals surface area contributed by atoms with Crippen molar-refractivity contribution in [1.82, 2.24) is 15.5 Å². The van der Waals surface area contributed by atoms with Gasteiger partial charge in [-0.05, 0) is 17.7 Å². The number of ether oxygens (including phenoxy) is 1. The van der Waals surface area contributed by atoms with Crippen LogP contribution in [0.4, 0.5) is 5.82 Å². The Labute approximate surface area is 150 Å². The third kappa shape index (κ3) is 3.35. The number of carbonyl (C=O) groups excluding carboxylic acids is 1. The van der Waals surface area contributed by atoms with Crippen molar-refractivity contribution in [2.75, 3.05) is 12.8 Å². The van der Waals surface area contributed by atoms with Crippen molar-refractivity contribution >= 4 is 11.7 Å². The fourth-order valence-electron chi connectivity index (χ4n) is 2.57. The second kappa shape index (κ2) is 7.40. The molecule has 130 valence electrons. The van der Waals surface area contributed by atoms with Gasteiger partial charge in [-0.25, -0.2) is 0 Å². The molecule has 26 heavy (non-hydrogen) atoms. The van der Waals surface area contributed by atoms with Gasteiger partial charge >= 0.3 is 0 Å². The lowest BCUT2D eigenvalue weighted by atomic mass is 10.1. The van der Waals surface area contributed by atoms with Gasteiger partial charge < -0.3 is 15.8 Å². The van der Waals surface area contributed by atoms with Crippen LogP contribution >= 0.6 is 0 Å². The minimum atomic E-state index is -0.210. The van der Waals surface area contributed by atoms with Crippen molar-refractivity contribution < 1.29 is 9.53 Å². The van der Waals surface area contributed by atoms with Crippen LogP contribution < -0.4 is 15.8 Å². The zero-order valence-corrected chi connectivity index (χ0v) is 14.1. The van der Waals surface area contributed by atoms with Gasteiger partial charge in [-0.15, -0.1) is 0 Å². The molecule has 0 radical (unpaired) electrons. The van der Waals surface area contributed by atoms with E-state index in [9.17, 15) is 4.79 Å². The van der Waals surface area contributed by atoms with E-state index in [0.717, 1.165) is 11.1 Å². The van der Waals surface area contributed by atoms with E-state index in [1.54, 1.807) is 18.2 Å². The van der Waals surface area contributed by atoms with Crippen molar-refractivity contribution in [2.45, 2.75) is 6.54 Å². The zero-order valence-electron chi connectivity index (χ0n) is 14.1. The Morgan fingerprint density at radius 2 is 2.00 bits per heavy atom. The molecule has 3 rings (SSSR count). The summed E-state index contributed by atoms with van der Waals surface area (Å²) in [6, 6.07) is 16.5. The van der Waals surface area contributed by atoms with Crippen LogP contribution in [-0.4, -0.2) is 23.2 Å². The van der Waals surface area contributed by atoms with E-state index in [-0.39, 0.29) is 11.7 Å². The first-order valence-electron chi connectivity index (χ1n) is 7.88. The van der Waals surface area contributed by atoms with E-state index >= 15 is 0 Å². The highest BCUT2D eigenvalue weighted by Crippen LogP contribution is 2.24. The van der Waals surface area contributed by atoms with E-state index in [1.165, 1.54) is 7.11 Å². The molecule has 1 amide bonds. The number of H-pyrrole nitrogens is 1. The molecule has 1 heterocycles. The number of nitrogens with two attached hydrogens (primary N) is 1. The maximum Gasteiger partial charge on any atom is 0.255 e. The Morgan fingerprint density at radius 3 is 2.69 bits per heavy atom. The topological polar surface area (TPSA) is 117 Å². The van der Waals surface area contributed by atoms with Gasteiger partial charge in [0, 0.05) is 12.1 Å². The summed E-state index contributed by atoms with van der Waals surface area (Å²) >= 11 is 0. The van der Waals surface area contributed by atoms with Crippen LogP contribution in [0.25, 0.3) is 11.3 Å². The van der Waals surface area contributed by atoms with Crippen molar-refractivity contribution in [3.8, 4) is 23.1 Å². The summed E-state index contributed by atoms with van der Waals surface area (Å²) < 4.78 is 5.20. The van der Waals surface area contributed by atoms with E-state index in [0.29, 0.717) is 29.1 Å². The number of rotatable bonds is 5. The van der Waals surface area contributed by atoms with Crippen LogP contribution in [0.15, 0.2) is 48.5 Å². The normalized spacial score (nSPS) is 10.2. The highest BCUT2D eigenvalue weighted by Gasteiger charge is 2.13. The number of nitriles is 1. The number of hydrogen-bond donors (Lipinski definition) is 3. The highest BCUT2D eigenvalue weighted by atomic mass is 16.5. The number of aromatic nitrogens is 2. The molecule has 0 fully saturated rings. The quantitative estimate of drug-likeness (QED) is 0.655.